The second-order valence-electron chi connectivity index (χ2n) is 4.04. The summed E-state index contributed by atoms with van der Waals surface area (Å²) < 4.78 is 7.49. The van der Waals surface area contributed by atoms with Crippen LogP contribution in [0.5, 0.6) is 0 Å². The first-order valence-corrected chi connectivity index (χ1v) is 6.34. The number of anilines is 1. The summed E-state index contributed by atoms with van der Waals surface area (Å²) in [7, 11) is 1.73. The van der Waals surface area contributed by atoms with Gasteiger partial charge in [0.25, 0.3) is 0 Å². The highest BCUT2D eigenvalue weighted by Gasteiger charge is 2.14. The van der Waals surface area contributed by atoms with E-state index in [0.717, 1.165) is 4.47 Å². The molecule has 1 aromatic heterocycles. The summed E-state index contributed by atoms with van der Waals surface area (Å²) >= 11 is 3.30. The Bertz CT molecular complexity index is 624. The fraction of sp³-hybridized carbons (Fsp3) is 0.250. The first-order chi connectivity index (χ1) is 8.99. The number of rotatable bonds is 3. The van der Waals surface area contributed by atoms with E-state index in [0.29, 0.717) is 22.6 Å². The Morgan fingerprint density at radius 3 is 2.89 bits per heavy atom. The molecule has 0 unspecified atom stereocenters. The monoisotopic (exact) mass is 324 g/mol. The Morgan fingerprint density at radius 2 is 2.26 bits per heavy atom. The molecule has 0 saturated carbocycles. The number of nitrogens with two attached hydrogens (primary N) is 1. The van der Waals surface area contributed by atoms with E-state index < -0.39 is 5.97 Å². The van der Waals surface area contributed by atoms with Crippen molar-refractivity contribution >= 4 is 27.6 Å². The third-order valence-electron chi connectivity index (χ3n) is 2.77. The molecule has 0 fully saturated rings. The Morgan fingerprint density at radius 1 is 1.53 bits per heavy atom. The van der Waals surface area contributed by atoms with Crippen LogP contribution in [0, 0.1) is 6.92 Å². The molecule has 2 N–H and O–H groups in total. The summed E-state index contributed by atoms with van der Waals surface area (Å²) in [4.78, 5) is 16.0. The lowest BCUT2D eigenvalue weighted by molar-refractivity contribution is 0.0457. The van der Waals surface area contributed by atoms with Gasteiger partial charge >= 0.3 is 5.97 Å². The fourth-order valence-electron chi connectivity index (χ4n) is 1.57. The summed E-state index contributed by atoms with van der Waals surface area (Å²) in [5.74, 6) is 0.141. The van der Waals surface area contributed by atoms with Gasteiger partial charge in [-0.3, -0.25) is 4.68 Å². The highest BCUT2D eigenvalue weighted by atomic mass is 79.9. The SMILES string of the molecule is Cc1c(N)cc(Br)cc1C(=O)OCc1ncnn1C. The number of ether oxygens (including phenoxy) is 1. The molecule has 6 nitrogen and oxygen atoms in total. The zero-order chi connectivity index (χ0) is 14.0. The van der Waals surface area contributed by atoms with Gasteiger partial charge in [0.05, 0.1) is 5.56 Å². The van der Waals surface area contributed by atoms with Crippen LogP contribution >= 0.6 is 15.9 Å². The van der Waals surface area contributed by atoms with Crippen molar-refractivity contribution in [2.45, 2.75) is 13.5 Å². The Hall–Kier alpha value is -1.89. The van der Waals surface area contributed by atoms with Crippen molar-refractivity contribution in [3.8, 4) is 0 Å². The summed E-state index contributed by atoms with van der Waals surface area (Å²) in [6.07, 6.45) is 1.41. The topological polar surface area (TPSA) is 83.0 Å². The zero-order valence-electron chi connectivity index (χ0n) is 10.6. The van der Waals surface area contributed by atoms with E-state index in [1.807, 2.05) is 0 Å². The molecule has 0 aliphatic heterocycles. The molecule has 0 aliphatic rings. The molecule has 0 radical (unpaired) electrons. The van der Waals surface area contributed by atoms with Crippen molar-refractivity contribution < 1.29 is 9.53 Å². The van der Waals surface area contributed by atoms with Crippen LogP contribution in [0.2, 0.25) is 0 Å². The highest BCUT2D eigenvalue weighted by molar-refractivity contribution is 9.10. The number of benzene rings is 1. The molecule has 7 heteroatoms. The van der Waals surface area contributed by atoms with E-state index in [-0.39, 0.29) is 6.61 Å². The Kier molecular flexibility index (Phi) is 3.84. The van der Waals surface area contributed by atoms with Gasteiger partial charge in [-0.1, -0.05) is 15.9 Å². The van der Waals surface area contributed by atoms with Gasteiger partial charge in [0.1, 0.15) is 6.33 Å². The normalized spacial score (nSPS) is 10.5. The second-order valence-corrected chi connectivity index (χ2v) is 4.96. The van der Waals surface area contributed by atoms with Crippen molar-refractivity contribution in [3.05, 3.63) is 39.9 Å². The predicted octanol–water partition coefficient (Wildman–Crippen LogP) is 1.83. The quantitative estimate of drug-likeness (QED) is 0.687. The minimum absolute atomic E-state index is 0.0706. The molecule has 0 aliphatic carbocycles. The number of hydrogen-bond donors (Lipinski definition) is 1. The van der Waals surface area contributed by atoms with E-state index in [2.05, 4.69) is 26.0 Å². The number of carbonyl (C=O) groups excluding carboxylic acids is 1. The molecule has 0 atom stereocenters. The molecule has 2 aromatic rings. The predicted molar refractivity (Wildman–Crippen MR) is 73.4 cm³/mol. The molecule has 1 heterocycles. The van der Waals surface area contributed by atoms with Gasteiger partial charge in [0.2, 0.25) is 0 Å². The van der Waals surface area contributed by atoms with Crippen LogP contribution in [0.15, 0.2) is 22.9 Å². The van der Waals surface area contributed by atoms with Gasteiger partial charge in [-0.15, -0.1) is 0 Å². The van der Waals surface area contributed by atoms with Crippen LogP contribution in [0.3, 0.4) is 0 Å². The minimum Gasteiger partial charge on any atom is -0.454 e. The fourth-order valence-corrected chi connectivity index (χ4v) is 2.05. The van der Waals surface area contributed by atoms with Crippen molar-refractivity contribution in [3.63, 3.8) is 0 Å². The number of hydrogen-bond acceptors (Lipinski definition) is 5. The van der Waals surface area contributed by atoms with Crippen LogP contribution in [0.4, 0.5) is 5.69 Å². The number of nitrogens with zero attached hydrogens (tertiary/aromatic N) is 3. The average Bonchev–Trinajstić information content (AvgIpc) is 2.76. The lowest BCUT2D eigenvalue weighted by Crippen LogP contribution is -2.11. The smallest absolute Gasteiger partial charge is 0.338 e. The lowest BCUT2D eigenvalue weighted by atomic mass is 10.1. The molecular weight excluding hydrogens is 312 g/mol. The second kappa shape index (κ2) is 5.40. The summed E-state index contributed by atoms with van der Waals surface area (Å²) in [5.41, 5.74) is 7.49. The first-order valence-electron chi connectivity index (χ1n) is 5.54. The molecule has 100 valence electrons. The number of carbonyl (C=O) groups is 1. The van der Waals surface area contributed by atoms with E-state index in [9.17, 15) is 4.79 Å². The highest BCUT2D eigenvalue weighted by Crippen LogP contribution is 2.23. The van der Waals surface area contributed by atoms with E-state index >= 15 is 0 Å². The molecule has 0 amide bonds. The van der Waals surface area contributed by atoms with Gasteiger partial charge in [0.15, 0.2) is 12.4 Å². The largest absolute Gasteiger partial charge is 0.454 e. The van der Waals surface area contributed by atoms with Gasteiger partial charge in [-0.05, 0) is 24.6 Å². The van der Waals surface area contributed by atoms with E-state index in [1.165, 1.54) is 6.33 Å². The summed E-state index contributed by atoms with van der Waals surface area (Å²) in [6, 6.07) is 3.43. The van der Waals surface area contributed by atoms with Gasteiger partial charge in [0, 0.05) is 17.2 Å². The average molecular weight is 325 g/mol. The number of nitrogen functional groups attached to an aromatic ring is 1. The minimum atomic E-state index is -0.437. The van der Waals surface area contributed by atoms with Crippen molar-refractivity contribution in [2.24, 2.45) is 7.05 Å². The summed E-state index contributed by atoms with van der Waals surface area (Å²) in [5, 5.41) is 3.90. The van der Waals surface area contributed by atoms with Crippen LogP contribution in [-0.2, 0) is 18.4 Å². The molecule has 0 saturated heterocycles. The number of aromatic nitrogens is 3. The van der Waals surface area contributed by atoms with Crippen molar-refractivity contribution in [2.75, 3.05) is 5.73 Å². The summed E-state index contributed by atoms with van der Waals surface area (Å²) in [6.45, 7) is 1.85. The molecule has 2 rings (SSSR count). The van der Waals surface area contributed by atoms with Crippen LogP contribution in [0.25, 0.3) is 0 Å². The van der Waals surface area contributed by atoms with Gasteiger partial charge in [-0.25, -0.2) is 9.78 Å². The van der Waals surface area contributed by atoms with E-state index in [1.54, 1.807) is 30.8 Å². The van der Waals surface area contributed by atoms with E-state index in [4.69, 9.17) is 10.5 Å². The lowest BCUT2D eigenvalue weighted by Gasteiger charge is -2.09. The maximum absolute atomic E-state index is 12.0. The standard InChI is InChI=1S/C12H13BrN4O2/c1-7-9(3-8(13)4-10(7)14)12(18)19-5-11-15-6-16-17(11)2/h3-4,6H,5,14H2,1-2H3. The third-order valence-corrected chi connectivity index (χ3v) is 3.23. The molecule has 1 aromatic carbocycles. The van der Waals surface area contributed by atoms with Gasteiger partial charge in [-0.2, -0.15) is 5.10 Å². The number of halogens is 1. The third kappa shape index (κ3) is 2.93. The molecule has 0 spiro atoms. The molecule has 19 heavy (non-hydrogen) atoms. The number of aryl methyl sites for hydroxylation is 1. The maximum atomic E-state index is 12.0. The Labute approximate surface area is 118 Å². The molecule has 0 bridgehead atoms. The number of esters is 1. The van der Waals surface area contributed by atoms with Gasteiger partial charge < -0.3 is 10.5 Å². The van der Waals surface area contributed by atoms with Crippen LogP contribution in [0.1, 0.15) is 21.7 Å². The maximum Gasteiger partial charge on any atom is 0.338 e. The Balaban J connectivity index is 2.15. The van der Waals surface area contributed by atoms with Crippen LogP contribution in [-0.4, -0.2) is 20.7 Å². The molecular formula is C12H13BrN4O2. The zero-order valence-corrected chi connectivity index (χ0v) is 12.1. The van der Waals surface area contributed by atoms with Crippen LogP contribution < -0.4 is 5.73 Å². The van der Waals surface area contributed by atoms with Crippen molar-refractivity contribution in [1.29, 1.82) is 0 Å². The van der Waals surface area contributed by atoms with Crippen molar-refractivity contribution in [1.82, 2.24) is 14.8 Å². The first kappa shape index (κ1) is 13.5.